The van der Waals surface area contributed by atoms with Crippen LogP contribution in [0.4, 0.5) is 0 Å². The van der Waals surface area contributed by atoms with Crippen molar-refractivity contribution < 1.29 is 14.6 Å². The minimum absolute atomic E-state index is 0.119. The number of guanidine groups is 1. The Morgan fingerprint density at radius 3 is 2.39 bits per heavy atom. The zero-order valence-electron chi connectivity index (χ0n) is 17.6. The summed E-state index contributed by atoms with van der Waals surface area (Å²) in [7, 11) is 1.60. The van der Waals surface area contributed by atoms with Gasteiger partial charge in [0.25, 0.3) is 5.91 Å². The summed E-state index contributed by atoms with van der Waals surface area (Å²) in [5.41, 5.74) is 0.599. The van der Waals surface area contributed by atoms with Crippen LogP contribution in [-0.4, -0.2) is 56.9 Å². The largest absolute Gasteiger partial charge is 0.497 e. The molecule has 1 amide bonds. The molecular formula is C21H36N4O3. The molecule has 0 bridgehead atoms. The van der Waals surface area contributed by atoms with Crippen LogP contribution >= 0.6 is 0 Å². The Balaban J connectivity index is 2.45. The van der Waals surface area contributed by atoms with Crippen LogP contribution in [0.15, 0.2) is 29.3 Å². The molecule has 0 saturated heterocycles. The minimum atomic E-state index is -0.119. The molecule has 0 aliphatic rings. The molecule has 1 aromatic rings. The first-order chi connectivity index (χ1) is 13.5. The van der Waals surface area contributed by atoms with Crippen molar-refractivity contribution in [1.82, 2.24) is 16.0 Å². The molecule has 28 heavy (non-hydrogen) atoms. The molecule has 0 aliphatic carbocycles. The Morgan fingerprint density at radius 1 is 1.14 bits per heavy atom. The Morgan fingerprint density at radius 2 is 1.82 bits per heavy atom. The van der Waals surface area contributed by atoms with Gasteiger partial charge in [-0.25, -0.2) is 0 Å². The second-order valence-electron chi connectivity index (χ2n) is 7.14. The number of aliphatic imine (C=N–C) groups is 1. The van der Waals surface area contributed by atoms with Gasteiger partial charge in [0.1, 0.15) is 5.75 Å². The van der Waals surface area contributed by atoms with Crippen LogP contribution in [0.25, 0.3) is 0 Å². The number of nitrogens with one attached hydrogen (secondary N) is 3. The average Bonchev–Trinajstić information content (AvgIpc) is 2.68. The van der Waals surface area contributed by atoms with Gasteiger partial charge in [-0.1, -0.05) is 13.8 Å². The number of ether oxygens (including phenoxy) is 1. The van der Waals surface area contributed by atoms with E-state index in [2.05, 4.69) is 34.8 Å². The van der Waals surface area contributed by atoms with Crippen molar-refractivity contribution in [3.05, 3.63) is 29.8 Å². The highest BCUT2D eigenvalue weighted by Crippen LogP contribution is 2.15. The topological polar surface area (TPSA) is 95.0 Å². The number of aliphatic hydroxyl groups is 1. The number of nitrogens with zero attached hydrogens (tertiary/aromatic N) is 1. The molecule has 0 heterocycles. The van der Waals surface area contributed by atoms with E-state index < -0.39 is 0 Å². The van der Waals surface area contributed by atoms with E-state index in [-0.39, 0.29) is 12.5 Å². The monoisotopic (exact) mass is 392 g/mol. The SMILES string of the molecule is CCNC(=NCC(CCO)CC(C)C)NCCNC(=O)c1ccc(OC)cc1. The van der Waals surface area contributed by atoms with Gasteiger partial charge in [0.05, 0.1) is 7.11 Å². The Bertz CT molecular complexity index is 588. The molecule has 7 heteroatoms. The fourth-order valence-corrected chi connectivity index (χ4v) is 2.90. The summed E-state index contributed by atoms with van der Waals surface area (Å²) in [6, 6.07) is 7.01. The summed E-state index contributed by atoms with van der Waals surface area (Å²) < 4.78 is 5.10. The maximum absolute atomic E-state index is 12.2. The number of methoxy groups -OCH3 is 1. The molecule has 7 nitrogen and oxygen atoms in total. The lowest BCUT2D eigenvalue weighted by Crippen LogP contribution is -2.41. The van der Waals surface area contributed by atoms with Crippen molar-refractivity contribution in [3.8, 4) is 5.75 Å². The number of hydrogen-bond donors (Lipinski definition) is 4. The smallest absolute Gasteiger partial charge is 0.251 e. The number of benzene rings is 1. The lowest BCUT2D eigenvalue weighted by molar-refractivity contribution is 0.0954. The van der Waals surface area contributed by atoms with Gasteiger partial charge in [0.2, 0.25) is 0 Å². The van der Waals surface area contributed by atoms with Crippen molar-refractivity contribution in [1.29, 1.82) is 0 Å². The molecule has 0 aromatic heterocycles. The first-order valence-electron chi connectivity index (χ1n) is 10.0. The summed E-state index contributed by atoms with van der Waals surface area (Å²) >= 11 is 0. The highest BCUT2D eigenvalue weighted by Gasteiger charge is 2.11. The third kappa shape index (κ3) is 9.60. The lowest BCUT2D eigenvalue weighted by Gasteiger charge is -2.17. The van der Waals surface area contributed by atoms with Crippen molar-refractivity contribution >= 4 is 11.9 Å². The maximum Gasteiger partial charge on any atom is 0.251 e. The number of amides is 1. The Hall–Kier alpha value is -2.28. The molecular weight excluding hydrogens is 356 g/mol. The van der Waals surface area contributed by atoms with Gasteiger partial charge < -0.3 is 25.8 Å². The van der Waals surface area contributed by atoms with Gasteiger partial charge in [-0.05, 0) is 55.9 Å². The molecule has 0 radical (unpaired) electrons. The van der Waals surface area contributed by atoms with Crippen molar-refractivity contribution in [2.24, 2.45) is 16.8 Å². The molecule has 1 rings (SSSR count). The lowest BCUT2D eigenvalue weighted by atomic mass is 9.94. The van der Waals surface area contributed by atoms with E-state index in [4.69, 9.17) is 4.74 Å². The van der Waals surface area contributed by atoms with Crippen molar-refractivity contribution in [3.63, 3.8) is 0 Å². The van der Waals surface area contributed by atoms with Crippen LogP contribution < -0.4 is 20.7 Å². The normalized spacial score (nSPS) is 12.6. The number of aliphatic hydroxyl groups excluding tert-OH is 1. The van der Waals surface area contributed by atoms with Gasteiger partial charge in [0.15, 0.2) is 5.96 Å². The molecule has 0 fully saturated rings. The van der Waals surface area contributed by atoms with Crippen LogP contribution in [-0.2, 0) is 0 Å². The summed E-state index contributed by atoms with van der Waals surface area (Å²) in [6.07, 6.45) is 1.81. The standard InChI is InChI=1S/C21H36N4O3/c1-5-22-21(25-15-17(10-13-26)14-16(2)3)24-12-11-23-20(27)18-6-8-19(28-4)9-7-18/h6-9,16-17,26H,5,10-15H2,1-4H3,(H,23,27)(H2,22,24,25). The quantitative estimate of drug-likeness (QED) is 0.248. The zero-order chi connectivity index (χ0) is 20.8. The van der Waals surface area contributed by atoms with E-state index in [1.165, 1.54) is 0 Å². The second-order valence-corrected chi connectivity index (χ2v) is 7.14. The van der Waals surface area contributed by atoms with Crippen LogP contribution in [0, 0.1) is 11.8 Å². The Kier molecular flexibility index (Phi) is 11.7. The third-order valence-electron chi connectivity index (χ3n) is 4.25. The predicted octanol–water partition coefficient (Wildman–Crippen LogP) is 2.02. The minimum Gasteiger partial charge on any atom is -0.497 e. The van der Waals surface area contributed by atoms with Crippen LogP contribution in [0.3, 0.4) is 0 Å². The highest BCUT2D eigenvalue weighted by atomic mass is 16.5. The maximum atomic E-state index is 12.2. The van der Waals surface area contributed by atoms with Crippen LogP contribution in [0.2, 0.25) is 0 Å². The van der Waals surface area contributed by atoms with E-state index in [0.717, 1.165) is 31.1 Å². The number of hydrogen-bond acceptors (Lipinski definition) is 4. The van der Waals surface area contributed by atoms with Gasteiger partial charge in [-0.3, -0.25) is 9.79 Å². The van der Waals surface area contributed by atoms with Crippen LogP contribution in [0.1, 0.15) is 44.0 Å². The first-order valence-corrected chi connectivity index (χ1v) is 10.0. The highest BCUT2D eigenvalue weighted by molar-refractivity contribution is 5.94. The number of carbonyl (C=O) groups excluding carboxylic acids is 1. The van der Waals surface area contributed by atoms with Crippen molar-refractivity contribution in [2.75, 3.05) is 39.9 Å². The second kappa shape index (κ2) is 13.8. The van der Waals surface area contributed by atoms with Gasteiger partial charge >= 0.3 is 0 Å². The third-order valence-corrected chi connectivity index (χ3v) is 4.25. The fourth-order valence-electron chi connectivity index (χ4n) is 2.90. The molecule has 4 N–H and O–H groups in total. The first kappa shape index (κ1) is 23.8. The van der Waals surface area contributed by atoms with Crippen LogP contribution in [0.5, 0.6) is 5.75 Å². The molecule has 0 saturated carbocycles. The summed E-state index contributed by atoms with van der Waals surface area (Å²) in [4.78, 5) is 16.8. The van der Waals surface area contributed by atoms with E-state index in [0.29, 0.717) is 37.0 Å². The predicted molar refractivity (Wildman–Crippen MR) is 114 cm³/mol. The number of rotatable bonds is 12. The number of carbonyl (C=O) groups is 1. The van der Waals surface area contributed by atoms with E-state index in [1.54, 1.807) is 31.4 Å². The zero-order valence-corrected chi connectivity index (χ0v) is 17.6. The van der Waals surface area contributed by atoms with Gasteiger partial charge in [-0.2, -0.15) is 0 Å². The van der Waals surface area contributed by atoms with Gasteiger partial charge in [-0.15, -0.1) is 0 Å². The molecule has 1 atom stereocenters. The molecule has 158 valence electrons. The van der Waals surface area contributed by atoms with E-state index >= 15 is 0 Å². The Labute approximate surface area is 169 Å². The van der Waals surface area contributed by atoms with E-state index in [9.17, 15) is 9.90 Å². The fraction of sp³-hybridized carbons (Fsp3) is 0.619. The molecule has 0 aliphatic heterocycles. The van der Waals surface area contributed by atoms with Gasteiger partial charge in [0, 0.05) is 38.3 Å². The van der Waals surface area contributed by atoms with E-state index in [1.807, 2.05) is 6.92 Å². The average molecular weight is 393 g/mol. The molecule has 1 aromatic carbocycles. The summed E-state index contributed by atoms with van der Waals surface area (Å²) in [5.74, 6) is 2.28. The molecule has 0 spiro atoms. The summed E-state index contributed by atoms with van der Waals surface area (Å²) in [6.45, 7) is 9.07. The van der Waals surface area contributed by atoms with Crippen molar-refractivity contribution in [2.45, 2.75) is 33.6 Å². The molecule has 1 unspecified atom stereocenters. The summed E-state index contributed by atoms with van der Waals surface area (Å²) in [5, 5.41) is 18.6.